The Balaban J connectivity index is 2.75. The Hall–Kier alpha value is -1.02. The highest BCUT2D eigenvalue weighted by Crippen LogP contribution is 2.36. The van der Waals surface area contributed by atoms with Gasteiger partial charge in [0.25, 0.3) is 0 Å². The van der Waals surface area contributed by atoms with Crippen LogP contribution in [-0.2, 0) is 11.3 Å². The maximum Gasteiger partial charge on any atom is 0.423 e. The maximum absolute atomic E-state index is 12.1. The Bertz CT molecular complexity index is 391. The van der Waals surface area contributed by atoms with Crippen molar-refractivity contribution in [3.63, 3.8) is 0 Å². The molecular formula is C9H6ClF6NO. The molecule has 0 spiro atoms. The highest BCUT2D eigenvalue weighted by Gasteiger charge is 2.57. The number of hydrogen-bond acceptors (Lipinski definition) is 2. The number of rotatable bonds is 3. The van der Waals surface area contributed by atoms with Gasteiger partial charge < -0.3 is 4.74 Å². The van der Waals surface area contributed by atoms with Gasteiger partial charge in [-0.05, 0) is 12.1 Å². The van der Waals surface area contributed by atoms with Crippen molar-refractivity contribution in [2.24, 2.45) is 0 Å². The minimum Gasteiger partial charge on any atom is -0.354 e. The van der Waals surface area contributed by atoms with Crippen LogP contribution >= 0.6 is 11.6 Å². The van der Waals surface area contributed by atoms with Crippen LogP contribution in [0.2, 0.25) is 5.02 Å². The Kier molecular flexibility index (Phi) is 4.44. The Morgan fingerprint density at radius 1 is 1.17 bits per heavy atom. The number of ether oxygens (including phenoxy) is 1. The van der Waals surface area contributed by atoms with E-state index in [0.717, 1.165) is 12.3 Å². The monoisotopic (exact) mass is 293 g/mol. The summed E-state index contributed by atoms with van der Waals surface area (Å²) in [5, 5.41) is 0.138. The van der Waals surface area contributed by atoms with Crippen LogP contribution < -0.4 is 0 Å². The number of aromatic nitrogens is 1. The van der Waals surface area contributed by atoms with Crippen molar-refractivity contribution < 1.29 is 31.1 Å². The molecule has 9 heteroatoms. The Morgan fingerprint density at radius 3 is 2.17 bits per heavy atom. The van der Waals surface area contributed by atoms with Crippen LogP contribution in [-0.4, -0.2) is 23.4 Å². The average Bonchev–Trinajstić information content (AvgIpc) is 2.13. The topological polar surface area (TPSA) is 22.1 Å². The van der Waals surface area contributed by atoms with E-state index in [4.69, 9.17) is 11.6 Å². The lowest BCUT2D eigenvalue weighted by atomic mass is 10.3. The molecule has 1 rings (SSSR count). The molecule has 0 unspecified atom stereocenters. The standard InChI is InChI=1S/C9H6ClF6NO/c10-5-1-2-17-6(3-5)4-18-7(8(11,12)13)9(14,15)16/h1-3,7H,4H2. The normalized spacial score (nSPS) is 13.1. The average molecular weight is 294 g/mol. The third-order valence-electron chi connectivity index (χ3n) is 1.77. The number of hydrogen-bond donors (Lipinski definition) is 0. The summed E-state index contributed by atoms with van der Waals surface area (Å²) in [6, 6.07) is 2.45. The SMILES string of the molecule is FC(F)(F)C(OCc1cc(Cl)ccn1)C(F)(F)F. The van der Waals surface area contributed by atoms with Crippen LogP contribution in [0.5, 0.6) is 0 Å². The molecule has 0 fully saturated rings. The Morgan fingerprint density at radius 2 is 1.72 bits per heavy atom. The molecule has 0 N–H and O–H groups in total. The van der Waals surface area contributed by atoms with Gasteiger partial charge in [-0.15, -0.1) is 0 Å². The van der Waals surface area contributed by atoms with E-state index in [1.54, 1.807) is 0 Å². The van der Waals surface area contributed by atoms with Crippen molar-refractivity contribution in [3.8, 4) is 0 Å². The fraction of sp³-hybridized carbons (Fsp3) is 0.444. The summed E-state index contributed by atoms with van der Waals surface area (Å²) in [6.45, 7) is -0.940. The zero-order valence-electron chi connectivity index (χ0n) is 8.52. The van der Waals surface area contributed by atoms with Crippen LogP contribution in [0.15, 0.2) is 18.3 Å². The first-order valence-corrected chi connectivity index (χ1v) is 4.84. The van der Waals surface area contributed by atoms with E-state index in [2.05, 4.69) is 9.72 Å². The second kappa shape index (κ2) is 5.31. The van der Waals surface area contributed by atoms with Gasteiger partial charge in [0.2, 0.25) is 6.10 Å². The molecule has 0 aliphatic rings. The van der Waals surface area contributed by atoms with Crippen LogP contribution in [0.3, 0.4) is 0 Å². The smallest absolute Gasteiger partial charge is 0.354 e. The predicted molar refractivity (Wildman–Crippen MR) is 49.9 cm³/mol. The lowest BCUT2D eigenvalue weighted by Gasteiger charge is -2.22. The first kappa shape index (κ1) is 15.0. The van der Waals surface area contributed by atoms with Gasteiger partial charge >= 0.3 is 12.4 Å². The fourth-order valence-corrected chi connectivity index (χ4v) is 1.25. The largest absolute Gasteiger partial charge is 0.423 e. The molecule has 0 radical (unpaired) electrons. The van der Waals surface area contributed by atoms with Gasteiger partial charge in [-0.25, -0.2) is 0 Å². The molecule has 102 valence electrons. The highest BCUT2D eigenvalue weighted by molar-refractivity contribution is 6.30. The van der Waals surface area contributed by atoms with E-state index in [0.29, 0.717) is 0 Å². The lowest BCUT2D eigenvalue weighted by molar-refractivity contribution is -0.324. The van der Waals surface area contributed by atoms with Gasteiger partial charge in [0.1, 0.15) is 0 Å². The van der Waals surface area contributed by atoms with E-state index in [1.807, 2.05) is 0 Å². The van der Waals surface area contributed by atoms with Gasteiger partial charge in [0.05, 0.1) is 12.3 Å². The van der Waals surface area contributed by atoms with Crippen molar-refractivity contribution in [2.45, 2.75) is 25.1 Å². The van der Waals surface area contributed by atoms with Crippen molar-refractivity contribution in [2.75, 3.05) is 0 Å². The molecule has 0 aliphatic carbocycles. The molecule has 18 heavy (non-hydrogen) atoms. The van der Waals surface area contributed by atoms with Crippen LogP contribution in [0.1, 0.15) is 5.69 Å². The minimum absolute atomic E-state index is 0.124. The van der Waals surface area contributed by atoms with E-state index in [-0.39, 0.29) is 10.7 Å². The summed E-state index contributed by atoms with van der Waals surface area (Å²) >= 11 is 5.50. The summed E-state index contributed by atoms with van der Waals surface area (Å²) in [5.74, 6) is 0. The fourth-order valence-electron chi connectivity index (χ4n) is 1.07. The lowest BCUT2D eigenvalue weighted by Crippen LogP contribution is -2.44. The van der Waals surface area contributed by atoms with Gasteiger partial charge in [-0.1, -0.05) is 11.6 Å². The molecule has 0 amide bonds. The first-order valence-electron chi connectivity index (χ1n) is 4.46. The summed E-state index contributed by atoms with van der Waals surface area (Å²) in [7, 11) is 0. The summed E-state index contributed by atoms with van der Waals surface area (Å²) in [6.07, 6.45) is -13.8. The summed E-state index contributed by atoms with van der Waals surface area (Å²) in [4.78, 5) is 3.53. The molecule has 0 aliphatic heterocycles. The first-order chi connectivity index (χ1) is 8.10. The molecule has 1 heterocycles. The third kappa shape index (κ3) is 4.34. The zero-order valence-corrected chi connectivity index (χ0v) is 9.27. The molecule has 0 bridgehead atoms. The van der Waals surface area contributed by atoms with Crippen molar-refractivity contribution in [1.29, 1.82) is 0 Å². The second-order valence-electron chi connectivity index (χ2n) is 3.24. The number of alkyl halides is 6. The summed E-state index contributed by atoms with van der Waals surface area (Å²) in [5.41, 5.74) is -0.124. The van der Waals surface area contributed by atoms with Gasteiger partial charge in [-0.2, -0.15) is 26.3 Å². The molecule has 0 saturated carbocycles. The maximum atomic E-state index is 12.1. The van der Waals surface area contributed by atoms with Crippen LogP contribution in [0, 0.1) is 0 Å². The van der Waals surface area contributed by atoms with Crippen molar-refractivity contribution >= 4 is 11.6 Å². The minimum atomic E-state index is -5.53. The molecule has 1 aromatic rings. The number of pyridine rings is 1. The van der Waals surface area contributed by atoms with E-state index < -0.39 is 25.1 Å². The second-order valence-corrected chi connectivity index (χ2v) is 3.68. The molecule has 2 nitrogen and oxygen atoms in total. The zero-order chi connectivity index (χ0) is 14.0. The van der Waals surface area contributed by atoms with E-state index in [9.17, 15) is 26.3 Å². The van der Waals surface area contributed by atoms with Gasteiger partial charge in [0.15, 0.2) is 0 Å². The molecular weight excluding hydrogens is 288 g/mol. The Labute approximate surface area is 103 Å². The van der Waals surface area contributed by atoms with Crippen LogP contribution in [0.4, 0.5) is 26.3 Å². The van der Waals surface area contributed by atoms with Crippen LogP contribution in [0.25, 0.3) is 0 Å². The highest BCUT2D eigenvalue weighted by atomic mass is 35.5. The van der Waals surface area contributed by atoms with E-state index >= 15 is 0 Å². The predicted octanol–water partition coefficient (Wildman–Crippen LogP) is 3.74. The molecule has 0 atom stereocenters. The third-order valence-corrected chi connectivity index (χ3v) is 2.01. The number of halogens is 7. The van der Waals surface area contributed by atoms with Gasteiger partial charge in [0, 0.05) is 11.2 Å². The molecule has 0 saturated heterocycles. The van der Waals surface area contributed by atoms with Gasteiger partial charge in [-0.3, -0.25) is 4.98 Å². The van der Waals surface area contributed by atoms with Crippen molar-refractivity contribution in [1.82, 2.24) is 4.98 Å². The summed E-state index contributed by atoms with van der Waals surface area (Å²) < 4.78 is 76.5. The van der Waals surface area contributed by atoms with Crippen molar-refractivity contribution in [3.05, 3.63) is 29.0 Å². The quantitative estimate of drug-likeness (QED) is 0.792. The number of nitrogens with zero attached hydrogens (tertiary/aromatic N) is 1. The van der Waals surface area contributed by atoms with E-state index in [1.165, 1.54) is 6.07 Å². The molecule has 1 aromatic heterocycles. The molecule has 0 aromatic carbocycles.